The molecule has 2 unspecified atom stereocenters. The number of aliphatic hydroxyl groups is 1. The fraction of sp³-hybridized carbons (Fsp3) is 1.00. The average Bonchev–Trinajstić information content (AvgIpc) is 2.28. The molecule has 2 atom stereocenters. The highest BCUT2D eigenvalue weighted by atomic mass is 16.5. The van der Waals surface area contributed by atoms with Crippen molar-refractivity contribution in [3.63, 3.8) is 0 Å². The molecule has 0 aromatic carbocycles. The number of hydrogen-bond donors (Lipinski definition) is 1. The maximum atomic E-state index is 9.89. The number of rotatable bonds is 8. The van der Waals surface area contributed by atoms with E-state index in [1.165, 1.54) is 0 Å². The summed E-state index contributed by atoms with van der Waals surface area (Å²) in [6.07, 6.45) is 2.80. The zero-order valence-electron chi connectivity index (χ0n) is 11.7. The topological polar surface area (TPSA) is 38.7 Å². The quantitative estimate of drug-likeness (QED) is 0.667. The summed E-state index contributed by atoms with van der Waals surface area (Å²) in [6.45, 7) is 10.7. The van der Waals surface area contributed by atoms with Crippen LogP contribution in [-0.4, -0.2) is 37.1 Å². The van der Waals surface area contributed by atoms with E-state index in [2.05, 4.69) is 27.7 Å². The molecule has 3 heteroatoms. The predicted molar refractivity (Wildman–Crippen MR) is 69.0 cm³/mol. The Morgan fingerprint density at radius 1 is 1.24 bits per heavy atom. The highest BCUT2D eigenvalue weighted by Gasteiger charge is 2.52. The second kappa shape index (κ2) is 6.72. The minimum atomic E-state index is -0.181. The van der Waals surface area contributed by atoms with Gasteiger partial charge in [-0.15, -0.1) is 0 Å². The lowest BCUT2D eigenvalue weighted by molar-refractivity contribution is -0.200. The molecule has 0 radical (unpaired) electrons. The van der Waals surface area contributed by atoms with Gasteiger partial charge in [-0.3, -0.25) is 0 Å². The van der Waals surface area contributed by atoms with E-state index in [9.17, 15) is 5.11 Å². The summed E-state index contributed by atoms with van der Waals surface area (Å²) < 4.78 is 11.3. The fourth-order valence-electron chi connectivity index (χ4n) is 2.71. The van der Waals surface area contributed by atoms with Gasteiger partial charge in [0.25, 0.3) is 0 Å². The van der Waals surface area contributed by atoms with Crippen molar-refractivity contribution in [3.8, 4) is 0 Å². The number of aliphatic hydroxyl groups excluding tert-OH is 1. The van der Waals surface area contributed by atoms with Crippen LogP contribution in [0.2, 0.25) is 0 Å². The first-order valence-electron chi connectivity index (χ1n) is 6.94. The summed E-state index contributed by atoms with van der Waals surface area (Å²) >= 11 is 0. The third-order valence-corrected chi connectivity index (χ3v) is 4.06. The van der Waals surface area contributed by atoms with Crippen LogP contribution in [0.1, 0.15) is 47.0 Å². The smallest absolute Gasteiger partial charge is 0.0704 e. The van der Waals surface area contributed by atoms with E-state index in [4.69, 9.17) is 9.47 Å². The molecular weight excluding hydrogens is 216 g/mol. The van der Waals surface area contributed by atoms with Crippen molar-refractivity contribution in [1.29, 1.82) is 0 Å². The molecule has 0 spiro atoms. The first-order chi connectivity index (χ1) is 8.06. The molecule has 0 aliphatic heterocycles. The SMILES string of the molecule is CCC1(CC)C(O)CC1OCCOCC(C)C. The van der Waals surface area contributed by atoms with Gasteiger partial charge in [-0.25, -0.2) is 0 Å². The van der Waals surface area contributed by atoms with Crippen LogP contribution >= 0.6 is 0 Å². The average molecular weight is 244 g/mol. The van der Waals surface area contributed by atoms with Crippen LogP contribution in [0.15, 0.2) is 0 Å². The van der Waals surface area contributed by atoms with Gasteiger partial charge in [-0.2, -0.15) is 0 Å². The van der Waals surface area contributed by atoms with Gasteiger partial charge in [0.1, 0.15) is 0 Å². The Kier molecular flexibility index (Phi) is 5.90. The first-order valence-corrected chi connectivity index (χ1v) is 6.94. The second-order valence-corrected chi connectivity index (χ2v) is 5.52. The zero-order valence-corrected chi connectivity index (χ0v) is 11.7. The Labute approximate surface area is 105 Å². The normalized spacial score (nSPS) is 27.2. The van der Waals surface area contributed by atoms with Crippen LogP contribution in [0, 0.1) is 11.3 Å². The molecule has 102 valence electrons. The van der Waals surface area contributed by atoms with Crippen molar-refractivity contribution in [1.82, 2.24) is 0 Å². The summed E-state index contributed by atoms with van der Waals surface area (Å²) in [5.41, 5.74) is -0.00194. The number of ether oxygens (including phenoxy) is 2. The Balaban J connectivity index is 2.20. The summed E-state index contributed by atoms with van der Waals surface area (Å²) in [5, 5.41) is 9.89. The van der Waals surface area contributed by atoms with Gasteiger partial charge in [0, 0.05) is 18.4 Å². The maximum absolute atomic E-state index is 9.89. The van der Waals surface area contributed by atoms with Gasteiger partial charge in [0.2, 0.25) is 0 Å². The van der Waals surface area contributed by atoms with E-state index in [1.807, 2.05) is 0 Å². The third kappa shape index (κ3) is 3.43. The molecule has 1 saturated carbocycles. The summed E-state index contributed by atoms with van der Waals surface area (Å²) in [5.74, 6) is 0.575. The van der Waals surface area contributed by atoms with Crippen LogP contribution in [0.5, 0.6) is 0 Å². The predicted octanol–water partition coefficient (Wildman–Crippen LogP) is 2.62. The molecule has 1 fully saturated rings. The molecule has 17 heavy (non-hydrogen) atoms. The zero-order chi connectivity index (χ0) is 12.9. The fourth-order valence-corrected chi connectivity index (χ4v) is 2.71. The van der Waals surface area contributed by atoms with Crippen molar-refractivity contribution in [3.05, 3.63) is 0 Å². The van der Waals surface area contributed by atoms with Gasteiger partial charge in [0.05, 0.1) is 25.4 Å². The molecule has 1 N–H and O–H groups in total. The van der Waals surface area contributed by atoms with Crippen LogP contribution in [-0.2, 0) is 9.47 Å². The van der Waals surface area contributed by atoms with Crippen molar-refractivity contribution in [2.24, 2.45) is 11.3 Å². The molecule has 3 nitrogen and oxygen atoms in total. The van der Waals surface area contributed by atoms with E-state index < -0.39 is 0 Å². The molecule has 0 heterocycles. The largest absolute Gasteiger partial charge is 0.392 e. The van der Waals surface area contributed by atoms with Crippen LogP contribution in [0.4, 0.5) is 0 Å². The summed E-state index contributed by atoms with van der Waals surface area (Å²) in [7, 11) is 0. The Bertz CT molecular complexity index is 212. The molecule has 1 rings (SSSR count). The van der Waals surface area contributed by atoms with Gasteiger partial charge >= 0.3 is 0 Å². The lowest BCUT2D eigenvalue weighted by Crippen LogP contribution is -2.57. The highest BCUT2D eigenvalue weighted by Crippen LogP contribution is 2.48. The lowest BCUT2D eigenvalue weighted by atomic mass is 9.60. The van der Waals surface area contributed by atoms with Crippen molar-refractivity contribution >= 4 is 0 Å². The van der Waals surface area contributed by atoms with Crippen molar-refractivity contribution < 1.29 is 14.6 Å². The minimum absolute atomic E-state index is 0.00194. The molecule has 0 bridgehead atoms. The molecule has 0 aromatic rings. The monoisotopic (exact) mass is 244 g/mol. The Hall–Kier alpha value is -0.120. The van der Waals surface area contributed by atoms with Crippen molar-refractivity contribution in [2.75, 3.05) is 19.8 Å². The molecule has 1 aliphatic carbocycles. The molecule has 0 saturated heterocycles. The highest BCUT2D eigenvalue weighted by molar-refractivity contribution is 5.02. The van der Waals surface area contributed by atoms with Gasteiger partial charge < -0.3 is 14.6 Å². The molecule has 1 aliphatic rings. The van der Waals surface area contributed by atoms with Crippen LogP contribution in [0.3, 0.4) is 0 Å². The van der Waals surface area contributed by atoms with Gasteiger partial charge in [0.15, 0.2) is 0 Å². The summed E-state index contributed by atoms with van der Waals surface area (Å²) in [6, 6.07) is 0. The minimum Gasteiger partial charge on any atom is -0.392 e. The van der Waals surface area contributed by atoms with Crippen molar-refractivity contribution in [2.45, 2.75) is 59.2 Å². The lowest BCUT2D eigenvalue weighted by Gasteiger charge is -2.52. The summed E-state index contributed by atoms with van der Waals surface area (Å²) in [4.78, 5) is 0. The standard InChI is InChI=1S/C14H28O3/c1-5-14(6-2)12(15)9-13(14)17-8-7-16-10-11(3)4/h11-13,15H,5-10H2,1-4H3. The number of hydrogen-bond acceptors (Lipinski definition) is 3. The van der Waals surface area contributed by atoms with E-state index in [0.29, 0.717) is 19.1 Å². The van der Waals surface area contributed by atoms with Gasteiger partial charge in [-0.1, -0.05) is 27.7 Å². The van der Waals surface area contributed by atoms with Crippen LogP contribution in [0.25, 0.3) is 0 Å². The van der Waals surface area contributed by atoms with E-state index in [1.54, 1.807) is 0 Å². The third-order valence-electron chi connectivity index (χ3n) is 4.06. The molecular formula is C14H28O3. The van der Waals surface area contributed by atoms with E-state index in [-0.39, 0.29) is 17.6 Å². The van der Waals surface area contributed by atoms with E-state index >= 15 is 0 Å². The van der Waals surface area contributed by atoms with Gasteiger partial charge in [-0.05, 0) is 18.8 Å². The Morgan fingerprint density at radius 2 is 1.88 bits per heavy atom. The van der Waals surface area contributed by atoms with E-state index in [0.717, 1.165) is 25.9 Å². The molecule has 0 aromatic heterocycles. The molecule has 0 amide bonds. The second-order valence-electron chi connectivity index (χ2n) is 5.52. The van der Waals surface area contributed by atoms with Crippen LogP contribution < -0.4 is 0 Å². The maximum Gasteiger partial charge on any atom is 0.0704 e. The Morgan fingerprint density at radius 3 is 2.35 bits per heavy atom. The first kappa shape index (κ1) is 14.9.